The van der Waals surface area contributed by atoms with E-state index in [1.54, 1.807) is 0 Å². The highest BCUT2D eigenvalue weighted by molar-refractivity contribution is 5.24. The van der Waals surface area contributed by atoms with E-state index in [1.807, 2.05) is 13.2 Å². The lowest BCUT2D eigenvalue weighted by Crippen LogP contribution is -2.24. The molecule has 0 amide bonds. The van der Waals surface area contributed by atoms with Gasteiger partial charge in [0.1, 0.15) is 5.82 Å². The third kappa shape index (κ3) is 3.01. The summed E-state index contributed by atoms with van der Waals surface area (Å²) >= 11 is 0. The highest BCUT2D eigenvalue weighted by Crippen LogP contribution is 2.27. The topological polar surface area (TPSA) is 41.1 Å². The first-order chi connectivity index (χ1) is 8.20. The first-order valence-corrected chi connectivity index (χ1v) is 6.37. The molecule has 0 fully saturated rings. The molecule has 0 aromatic carbocycles. The van der Waals surface area contributed by atoms with Crippen molar-refractivity contribution in [1.82, 2.24) is 20.2 Å². The summed E-state index contributed by atoms with van der Waals surface area (Å²) in [6.07, 6.45) is 6.48. The number of likely N-dealkylation sites (N-methyl/N-ethyl adjacent to an activating group) is 1. The van der Waals surface area contributed by atoms with Crippen molar-refractivity contribution in [2.45, 2.75) is 31.7 Å². The molecule has 1 N–H and O–H groups in total. The Morgan fingerprint density at radius 1 is 1.47 bits per heavy atom. The minimum atomic E-state index is 0.446. The summed E-state index contributed by atoms with van der Waals surface area (Å²) in [4.78, 5) is 11.4. The Kier molecular flexibility index (Phi) is 4.07. The SMILES string of the molecule is CNC1CCCc2nc(CCN(C)C)ncc21. The second kappa shape index (κ2) is 5.56. The van der Waals surface area contributed by atoms with Crippen molar-refractivity contribution in [3.63, 3.8) is 0 Å². The molecule has 0 saturated heterocycles. The number of aromatic nitrogens is 2. The van der Waals surface area contributed by atoms with Gasteiger partial charge >= 0.3 is 0 Å². The van der Waals surface area contributed by atoms with Crippen molar-refractivity contribution >= 4 is 0 Å². The van der Waals surface area contributed by atoms with Gasteiger partial charge in [0.15, 0.2) is 0 Å². The van der Waals surface area contributed by atoms with Crippen molar-refractivity contribution in [3.05, 3.63) is 23.3 Å². The Morgan fingerprint density at radius 3 is 3.00 bits per heavy atom. The lowest BCUT2D eigenvalue weighted by atomic mass is 9.92. The second-order valence-corrected chi connectivity index (χ2v) is 4.98. The smallest absolute Gasteiger partial charge is 0.129 e. The maximum atomic E-state index is 4.71. The number of nitrogens with one attached hydrogen (secondary N) is 1. The van der Waals surface area contributed by atoms with Crippen molar-refractivity contribution in [2.24, 2.45) is 0 Å². The maximum Gasteiger partial charge on any atom is 0.129 e. The van der Waals surface area contributed by atoms with Crippen molar-refractivity contribution in [3.8, 4) is 0 Å². The van der Waals surface area contributed by atoms with Crippen LogP contribution in [0, 0.1) is 0 Å². The fourth-order valence-corrected chi connectivity index (χ4v) is 2.33. The van der Waals surface area contributed by atoms with Gasteiger partial charge in [-0.05, 0) is 40.4 Å². The van der Waals surface area contributed by atoms with Gasteiger partial charge in [0.05, 0.1) is 0 Å². The molecule has 0 aliphatic heterocycles. The Morgan fingerprint density at radius 2 is 2.29 bits per heavy atom. The number of rotatable bonds is 4. The van der Waals surface area contributed by atoms with Gasteiger partial charge in [-0.15, -0.1) is 0 Å². The third-order valence-corrected chi connectivity index (χ3v) is 3.36. The molecule has 0 spiro atoms. The van der Waals surface area contributed by atoms with E-state index in [-0.39, 0.29) is 0 Å². The van der Waals surface area contributed by atoms with Gasteiger partial charge in [-0.25, -0.2) is 9.97 Å². The molecule has 2 rings (SSSR count). The summed E-state index contributed by atoms with van der Waals surface area (Å²) in [7, 11) is 6.17. The molecule has 94 valence electrons. The van der Waals surface area contributed by atoms with Gasteiger partial charge in [0.2, 0.25) is 0 Å². The predicted octanol–water partition coefficient (Wildman–Crippen LogP) is 1.18. The van der Waals surface area contributed by atoms with E-state index in [4.69, 9.17) is 4.98 Å². The van der Waals surface area contributed by atoms with Gasteiger partial charge in [-0.3, -0.25) is 0 Å². The van der Waals surface area contributed by atoms with Crippen LogP contribution < -0.4 is 5.32 Å². The number of nitrogens with zero attached hydrogens (tertiary/aromatic N) is 3. The van der Waals surface area contributed by atoms with E-state index < -0.39 is 0 Å². The summed E-state index contributed by atoms with van der Waals surface area (Å²) in [6.45, 7) is 1.01. The third-order valence-electron chi connectivity index (χ3n) is 3.36. The highest BCUT2D eigenvalue weighted by Gasteiger charge is 2.20. The standard InChI is InChI=1S/C13H22N4/c1-14-11-5-4-6-12-10(11)9-15-13(16-12)7-8-17(2)3/h9,11,14H,4-8H2,1-3H3. The number of hydrogen-bond donors (Lipinski definition) is 1. The quantitative estimate of drug-likeness (QED) is 0.849. The lowest BCUT2D eigenvalue weighted by Gasteiger charge is -2.24. The van der Waals surface area contributed by atoms with Crippen LogP contribution in [-0.4, -0.2) is 42.6 Å². The van der Waals surface area contributed by atoms with Crippen LogP contribution >= 0.6 is 0 Å². The van der Waals surface area contributed by atoms with Gasteiger partial charge < -0.3 is 10.2 Å². The van der Waals surface area contributed by atoms with Crippen molar-refractivity contribution in [2.75, 3.05) is 27.7 Å². The number of fused-ring (bicyclic) bond motifs is 1. The minimum Gasteiger partial charge on any atom is -0.313 e. The summed E-state index contributed by atoms with van der Waals surface area (Å²) in [5.41, 5.74) is 2.55. The van der Waals surface area contributed by atoms with E-state index in [9.17, 15) is 0 Å². The average molecular weight is 234 g/mol. The zero-order valence-electron chi connectivity index (χ0n) is 11.0. The molecule has 0 radical (unpaired) electrons. The normalized spacial score (nSPS) is 19.4. The van der Waals surface area contributed by atoms with Crippen molar-refractivity contribution in [1.29, 1.82) is 0 Å². The van der Waals surface area contributed by atoms with Gasteiger partial charge in [-0.1, -0.05) is 0 Å². The molecule has 1 heterocycles. The second-order valence-electron chi connectivity index (χ2n) is 4.98. The number of aryl methyl sites for hydroxylation is 1. The molecule has 0 bridgehead atoms. The van der Waals surface area contributed by atoms with Crippen LogP contribution in [0.5, 0.6) is 0 Å². The zero-order valence-corrected chi connectivity index (χ0v) is 11.0. The van der Waals surface area contributed by atoms with Crippen LogP contribution in [0.25, 0.3) is 0 Å². The lowest BCUT2D eigenvalue weighted by molar-refractivity contribution is 0.408. The van der Waals surface area contributed by atoms with E-state index in [0.717, 1.165) is 25.2 Å². The molecule has 1 aliphatic rings. The Labute approximate surface area is 103 Å². The monoisotopic (exact) mass is 234 g/mol. The van der Waals surface area contributed by atoms with Crippen LogP contribution in [0.4, 0.5) is 0 Å². The Bertz CT molecular complexity index is 376. The van der Waals surface area contributed by atoms with Crippen LogP contribution in [0.2, 0.25) is 0 Å². The molecule has 1 aromatic rings. The highest BCUT2D eigenvalue weighted by atomic mass is 15.1. The summed E-state index contributed by atoms with van der Waals surface area (Å²) in [5.74, 6) is 0.981. The zero-order chi connectivity index (χ0) is 12.3. The average Bonchev–Trinajstić information content (AvgIpc) is 2.35. The predicted molar refractivity (Wildman–Crippen MR) is 69.0 cm³/mol. The molecule has 17 heavy (non-hydrogen) atoms. The van der Waals surface area contributed by atoms with E-state index in [2.05, 4.69) is 29.3 Å². The molecular weight excluding hydrogens is 212 g/mol. The van der Waals surface area contributed by atoms with E-state index in [1.165, 1.54) is 24.1 Å². The van der Waals surface area contributed by atoms with Crippen LogP contribution in [0.3, 0.4) is 0 Å². The fraction of sp³-hybridized carbons (Fsp3) is 0.692. The summed E-state index contributed by atoms with van der Waals surface area (Å²) in [6, 6.07) is 0.446. The van der Waals surface area contributed by atoms with E-state index in [0.29, 0.717) is 6.04 Å². The molecule has 1 aliphatic carbocycles. The summed E-state index contributed by atoms with van der Waals surface area (Å²) in [5, 5.41) is 3.34. The maximum absolute atomic E-state index is 4.71. The molecule has 4 nitrogen and oxygen atoms in total. The number of hydrogen-bond acceptors (Lipinski definition) is 4. The van der Waals surface area contributed by atoms with Crippen LogP contribution in [0.1, 0.15) is 36.0 Å². The molecule has 1 aromatic heterocycles. The Hall–Kier alpha value is -1.00. The minimum absolute atomic E-state index is 0.446. The molecular formula is C13H22N4. The molecule has 4 heteroatoms. The van der Waals surface area contributed by atoms with Crippen molar-refractivity contribution < 1.29 is 0 Å². The van der Waals surface area contributed by atoms with Crippen LogP contribution in [0.15, 0.2) is 6.20 Å². The molecule has 0 saturated carbocycles. The molecule has 1 unspecified atom stereocenters. The van der Waals surface area contributed by atoms with Gasteiger partial charge in [-0.2, -0.15) is 0 Å². The van der Waals surface area contributed by atoms with Gasteiger partial charge in [0.25, 0.3) is 0 Å². The largest absolute Gasteiger partial charge is 0.313 e. The molecule has 1 atom stereocenters. The Balaban J connectivity index is 2.13. The van der Waals surface area contributed by atoms with E-state index >= 15 is 0 Å². The summed E-state index contributed by atoms with van der Waals surface area (Å²) < 4.78 is 0. The first kappa shape index (κ1) is 12.5. The van der Waals surface area contributed by atoms with Crippen LogP contribution in [-0.2, 0) is 12.8 Å². The first-order valence-electron chi connectivity index (χ1n) is 6.37. The van der Waals surface area contributed by atoms with Gasteiger partial charge in [0, 0.05) is 36.5 Å². The fourth-order valence-electron chi connectivity index (χ4n) is 2.33.